The number of likely N-dealkylation sites (tertiary alicyclic amines) is 1. The fourth-order valence-corrected chi connectivity index (χ4v) is 3.16. The summed E-state index contributed by atoms with van der Waals surface area (Å²) < 4.78 is 1.78. The third-order valence-electron chi connectivity index (χ3n) is 4.65. The predicted molar refractivity (Wildman–Crippen MR) is 99.9 cm³/mol. The van der Waals surface area contributed by atoms with E-state index in [0.717, 1.165) is 24.9 Å². The average Bonchev–Trinajstić information content (AvgIpc) is 3.11. The van der Waals surface area contributed by atoms with Gasteiger partial charge in [-0.05, 0) is 25.3 Å². The number of urea groups is 1. The van der Waals surface area contributed by atoms with Crippen LogP contribution in [-0.2, 0) is 4.79 Å². The van der Waals surface area contributed by atoms with Crippen molar-refractivity contribution in [3.05, 3.63) is 48.2 Å². The van der Waals surface area contributed by atoms with Crippen LogP contribution in [0.5, 0.6) is 0 Å². The Morgan fingerprint density at radius 1 is 1.23 bits per heavy atom. The van der Waals surface area contributed by atoms with E-state index in [2.05, 4.69) is 15.7 Å². The monoisotopic (exact) mass is 355 g/mol. The summed E-state index contributed by atoms with van der Waals surface area (Å²) in [4.78, 5) is 25.8. The van der Waals surface area contributed by atoms with Crippen LogP contribution in [0.25, 0.3) is 0 Å². The third-order valence-corrected chi connectivity index (χ3v) is 4.65. The fraction of sp³-hybridized carbons (Fsp3) is 0.421. The molecule has 7 nitrogen and oxygen atoms in total. The molecule has 0 saturated carbocycles. The molecule has 1 saturated heterocycles. The first-order chi connectivity index (χ1) is 12.6. The van der Waals surface area contributed by atoms with Crippen LogP contribution < -0.4 is 10.6 Å². The first-order valence-corrected chi connectivity index (χ1v) is 9.06. The Hall–Kier alpha value is -2.83. The summed E-state index contributed by atoms with van der Waals surface area (Å²) in [5.74, 6) is 0.807. The van der Waals surface area contributed by atoms with Crippen LogP contribution in [0.15, 0.2) is 42.6 Å². The quantitative estimate of drug-likeness (QED) is 0.836. The van der Waals surface area contributed by atoms with Crippen LogP contribution in [0.1, 0.15) is 37.8 Å². The Labute approximate surface area is 153 Å². The Morgan fingerprint density at radius 3 is 2.81 bits per heavy atom. The minimum absolute atomic E-state index is 0.00692. The lowest BCUT2D eigenvalue weighted by Crippen LogP contribution is -2.42. The number of anilines is 1. The summed E-state index contributed by atoms with van der Waals surface area (Å²) in [6.07, 6.45) is 4.28. The van der Waals surface area contributed by atoms with Crippen molar-refractivity contribution in [1.82, 2.24) is 20.0 Å². The number of hydrogen-bond donors (Lipinski definition) is 2. The maximum absolute atomic E-state index is 12.2. The van der Waals surface area contributed by atoms with E-state index in [1.54, 1.807) is 16.9 Å². The van der Waals surface area contributed by atoms with Crippen LogP contribution in [0.2, 0.25) is 0 Å². The van der Waals surface area contributed by atoms with Gasteiger partial charge in [0.15, 0.2) is 0 Å². The van der Waals surface area contributed by atoms with Gasteiger partial charge in [0.1, 0.15) is 5.82 Å². The second-order valence-corrected chi connectivity index (χ2v) is 6.47. The number of amides is 3. The van der Waals surface area contributed by atoms with Crippen molar-refractivity contribution in [2.75, 3.05) is 25.0 Å². The number of nitrogens with one attached hydrogen (secondary N) is 2. The van der Waals surface area contributed by atoms with E-state index in [0.29, 0.717) is 25.3 Å². The Morgan fingerprint density at radius 2 is 2.04 bits per heavy atom. The van der Waals surface area contributed by atoms with Crippen molar-refractivity contribution >= 4 is 17.8 Å². The molecular weight excluding hydrogens is 330 g/mol. The molecule has 0 radical (unpaired) electrons. The van der Waals surface area contributed by atoms with Crippen LogP contribution in [0.4, 0.5) is 10.6 Å². The molecule has 1 fully saturated rings. The molecule has 2 aromatic rings. The number of hydrogen-bond acceptors (Lipinski definition) is 3. The Bertz CT molecular complexity index is 743. The van der Waals surface area contributed by atoms with Crippen molar-refractivity contribution in [1.29, 1.82) is 0 Å². The summed E-state index contributed by atoms with van der Waals surface area (Å²) in [6.45, 7) is 3.79. The van der Waals surface area contributed by atoms with Gasteiger partial charge in [0.25, 0.3) is 0 Å². The standard InChI is InChI=1S/C19H25N5O2/c1-15(16-7-3-2-4-8-16)24-17(10-11-21-24)22-19(26)20-12-14-23-13-6-5-9-18(23)25/h2-4,7-8,10-11,15H,5-6,9,12-14H2,1H3,(H2,20,22,26)/t15-/m1/s1. The lowest BCUT2D eigenvalue weighted by atomic mass is 10.1. The molecule has 2 N–H and O–H groups in total. The van der Waals surface area contributed by atoms with Crippen molar-refractivity contribution in [3.63, 3.8) is 0 Å². The smallest absolute Gasteiger partial charge is 0.320 e. The SMILES string of the molecule is C[C@H](c1ccccc1)n1nccc1NC(=O)NCCN1CCCCC1=O. The molecule has 0 unspecified atom stereocenters. The van der Waals surface area contributed by atoms with Gasteiger partial charge < -0.3 is 10.2 Å². The highest BCUT2D eigenvalue weighted by molar-refractivity contribution is 5.88. The van der Waals surface area contributed by atoms with Crippen LogP contribution in [0.3, 0.4) is 0 Å². The van der Waals surface area contributed by atoms with Gasteiger partial charge in [-0.15, -0.1) is 0 Å². The number of piperidine rings is 1. The van der Waals surface area contributed by atoms with Gasteiger partial charge in [-0.25, -0.2) is 9.48 Å². The van der Waals surface area contributed by atoms with Gasteiger partial charge in [0.2, 0.25) is 5.91 Å². The summed E-state index contributed by atoms with van der Waals surface area (Å²) in [6, 6.07) is 11.5. The molecule has 3 rings (SSSR count). The van der Waals surface area contributed by atoms with Crippen LogP contribution >= 0.6 is 0 Å². The number of aromatic nitrogens is 2. The number of carbonyl (C=O) groups is 2. The molecule has 26 heavy (non-hydrogen) atoms. The Kier molecular flexibility index (Phi) is 5.88. The third kappa shape index (κ3) is 4.41. The second kappa shape index (κ2) is 8.51. The lowest BCUT2D eigenvalue weighted by Gasteiger charge is -2.26. The predicted octanol–water partition coefficient (Wildman–Crippen LogP) is 2.63. The van der Waals surface area contributed by atoms with Crippen molar-refractivity contribution in [3.8, 4) is 0 Å². The van der Waals surface area contributed by atoms with Gasteiger partial charge in [-0.2, -0.15) is 5.10 Å². The minimum Gasteiger partial charge on any atom is -0.341 e. The molecule has 138 valence electrons. The van der Waals surface area contributed by atoms with Crippen LogP contribution in [-0.4, -0.2) is 46.3 Å². The molecule has 7 heteroatoms. The molecule has 1 aromatic carbocycles. The van der Waals surface area contributed by atoms with E-state index in [4.69, 9.17) is 0 Å². The first-order valence-electron chi connectivity index (χ1n) is 9.06. The topological polar surface area (TPSA) is 79.3 Å². The van der Waals surface area contributed by atoms with E-state index >= 15 is 0 Å². The zero-order chi connectivity index (χ0) is 18.4. The van der Waals surface area contributed by atoms with E-state index < -0.39 is 0 Å². The van der Waals surface area contributed by atoms with Crippen molar-refractivity contribution in [2.45, 2.75) is 32.2 Å². The highest BCUT2D eigenvalue weighted by Gasteiger charge is 2.18. The molecule has 1 aromatic heterocycles. The highest BCUT2D eigenvalue weighted by atomic mass is 16.2. The fourth-order valence-electron chi connectivity index (χ4n) is 3.16. The normalized spacial score (nSPS) is 15.6. The van der Waals surface area contributed by atoms with E-state index in [1.807, 2.05) is 42.2 Å². The minimum atomic E-state index is -0.295. The summed E-state index contributed by atoms with van der Waals surface area (Å²) >= 11 is 0. The van der Waals surface area contributed by atoms with Crippen molar-refractivity contribution in [2.24, 2.45) is 0 Å². The average molecular weight is 355 g/mol. The molecule has 2 heterocycles. The number of benzene rings is 1. The van der Waals surface area contributed by atoms with Crippen molar-refractivity contribution < 1.29 is 9.59 Å². The van der Waals surface area contributed by atoms with Crippen LogP contribution in [0, 0.1) is 0 Å². The number of rotatable bonds is 6. The summed E-state index contributed by atoms with van der Waals surface area (Å²) in [5, 5.41) is 9.98. The number of nitrogens with zero attached hydrogens (tertiary/aromatic N) is 3. The van der Waals surface area contributed by atoms with E-state index in [-0.39, 0.29) is 18.0 Å². The van der Waals surface area contributed by atoms with E-state index in [9.17, 15) is 9.59 Å². The van der Waals surface area contributed by atoms with Gasteiger partial charge in [-0.3, -0.25) is 10.1 Å². The first kappa shape index (κ1) is 18.0. The Balaban J connectivity index is 1.52. The molecule has 3 amide bonds. The van der Waals surface area contributed by atoms with Gasteiger partial charge in [-0.1, -0.05) is 30.3 Å². The number of carbonyl (C=O) groups excluding carboxylic acids is 2. The second-order valence-electron chi connectivity index (χ2n) is 6.47. The summed E-state index contributed by atoms with van der Waals surface area (Å²) in [5.41, 5.74) is 1.11. The largest absolute Gasteiger partial charge is 0.341 e. The highest BCUT2D eigenvalue weighted by Crippen LogP contribution is 2.21. The molecule has 1 atom stereocenters. The zero-order valence-electron chi connectivity index (χ0n) is 15.0. The molecule has 0 spiro atoms. The summed E-state index contributed by atoms with van der Waals surface area (Å²) in [7, 11) is 0. The lowest BCUT2D eigenvalue weighted by molar-refractivity contribution is -0.133. The molecule has 1 aliphatic rings. The van der Waals surface area contributed by atoms with Gasteiger partial charge >= 0.3 is 6.03 Å². The molecular formula is C19H25N5O2. The molecule has 0 bridgehead atoms. The van der Waals surface area contributed by atoms with Gasteiger partial charge in [0, 0.05) is 32.1 Å². The molecule has 0 aliphatic carbocycles. The zero-order valence-corrected chi connectivity index (χ0v) is 15.0. The molecule has 1 aliphatic heterocycles. The maximum Gasteiger partial charge on any atom is 0.320 e. The maximum atomic E-state index is 12.2. The van der Waals surface area contributed by atoms with E-state index in [1.165, 1.54) is 0 Å². The van der Waals surface area contributed by atoms with Gasteiger partial charge in [0.05, 0.1) is 12.2 Å².